The lowest BCUT2D eigenvalue weighted by Crippen LogP contribution is -1.67. The van der Waals surface area contributed by atoms with Gasteiger partial charge < -0.3 is 0 Å². The average Bonchev–Trinajstić information content (AvgIpc) is 2.42. The first-order chi connectivity index (χ1) is 7.97. The number of rotatable bonds is 0. The van der Waals surface area contributed by atoms with Crippen LogP contribution in [0, 0.1) is 13.5 Å². The van der Waals surface area contributed by atoms with E-state index >= 15 is 0 Å². The first-order valence-corrected chi connectivity index (χ1v) is 5.17. The lowest BCUT2D eigenvalue weighted by Gasteiger charge is -1.91. The summed E-state index contributed by atoms with van der Waals surface area (Å²) in [6.07, 6.45) is 3.50. The molecule has 2 aromatic carbocycles. The fourth-order valence-corrected chi connectivity index (χ4v) is 1.38. The molecule has 0 N–H and O–H groups in total. The van der Waals surface area contributed by atoms with Gasteiger partial charge >= 0.3 is 0 Å². The number of pyridine rings is 1. The topological polar surface area (TPSA) is 12.9 Å². The van der Waals surface area contributed by atoms with Gasteiger partial charge in [-0.1, -0.05) is 56.0 Å². The van der Waals surface area contributed by atoms with Gasteiger partial charge in [-0.05, 0) is 29.0 Å². The summed E-state index contributed by atoms with van der Waals surface area (Å²) in [7, 11) is 0. The number of nitrogens with zero attached hydrogens (tertiary/aromatic N) is 1. The van der Waals surface area contributed by atoms with E-state index in [1.807, 2.05) is 42.5 Å². The van der Waals surface area contributed by atoms with Gasteiger partial charge in [0.25, 0.3) is 0 Å². The number of hydrogen-bond acceptors (Lipinski definition) is 1. The molecule has 0 unspecified atom stereocenters. The second-order valence-corrected chi connectivity index (χ2v) is 3.28. The Morgan fingerprint density at radius 1 is 0.765 bits per heavy atom. The number of aromatic nitrogens is 1. The summed E-state index contributed by atoms with van der Waals surface area (Å²) in [4.78, 5) is 3.78. The molecular formula is C16H15N. The minimum Gasteiger partial charge on any atom is -0.265 e. The van der Waals surface area contributed by atoms with Gasteiger partial charge in [-0.25, -0.2) is 0 Å². The molecule has 0 bridgehead atoms. The van der Waals surface area contributed by atoms with Gasteiger partial charge in [0, 0.05) is 12.4 Å². The molecule has 0 atom stereocenters. The van der Waals surface area contributed by atoms with E-state index in [0.717, 1.165) is 0 Å². The summed E-state index contributed by atoms with van der Waals surface area (Å²) < 4.78 is 0. The standard InChI is InChI=1S/C10H7.C5H5N.CH3/c1-2-6-10-8-4-3-7-9(10)5-1;1-2-4-6-5-3-1;/h1-7H;1-5H;1H3. The second-order valence-electron chi connectivity index (χ2n) is 3.28. The number of hydrogen-bond donors (Lipinski definition) is 0. The Hall–Kier alpha value is -2.15. The molecule has 0 amide bonds. The van der Waals surface area contributed by atoms with E-state index in [-0.39, 0.29) is 7.43 Å². The molecule has 3 rings (SSSR count). The van der Waals surface area contributed by atoms with Crippen LogP contribution in [0.4, 0.5) is 0 Å². The molecule has 1 heteroatoms. The van der Waals surface area contributed by atoms with E-state index in [4.69, 9.17) is 0 Å². The van der Waals surface area contributed by atoms with Crippen molar-refractivity contribution in [3.63, 3.8) is 0 Å². The van der Waals surface area contributed by atoms with Crippen LogP contribution in [0.1, 0.15) is 0 Å². The van der Waals surface area contributed by atoms with Gasteiger partial charge in [-0.15, -0.1) is 0 Å². The quantitative estimate of drug-likeness (QED) is 0.555. The lowest BCUT2D eigenvalue weighted by molar-refractivity contribution is 1.33. The van der Waals surface area contributed by atoms with Gasteiger partial charge in [-0.3, -0.25) is 4.98 Å². The highest BCUT2D eigenvalue weighted by molar-refractivity contribution is 5.81. The lowest BCUT2D eigenvalue weighted by atomic mass is 10.1. The smallest absolute Gasteiger partial charge is 0.0267 e. The minimum atomic E-state index is 0. The molecule has 0 spiro atoms. The molecule has 1 heterocycles. The highest BCUT2D eigenvalue weighted by Crippen LogP contribution is 2.10. The molecule has 3 aromatic rings. The first-order valence-electron chi connectivity index (χ1n) is 5.17. The Morgan fingerprint density at radius 3 is 2.06 bits per heavy atom. The van der Waals surface area contributed by atoms with Crippen molar-refractivity contribution < 1.29 is 0 Å². The molecule has 1 aromatic heterocycles. The Labute approximate surface area is 103 Å². The third-order valence-corrected chi connectivity index (χ3v) is 2.14. The molecule has 0 saturated carbocycles. The summed E-state index contributed by atoms with van der Waals surface area (Å²) in [6.45, 7) is 0. The van der Waals surface area contributed by atoms with Crippen LogP contribution in [-0.4, -0.2) is 4.98 Å². The molecule has 0 aliphatic heterocycles. The van der Waals surface area contributed by atoms with E-state index in [1.54, 1.807) is 12.4 Å². The van der Waals surface area contributed by atoms with Crippen molar-refractivity contribution in [1.29, 1.82) is 0 Å². The van der Waals surface area contributed by atoms with Crippen LogP contribution in [0.15, 0.2) is 73.1 Å². The van der Waals surface area contributed by atoms with Crippen LogP contribution in [0.5, 0.6) is 0 Å². The van der Waals surface area contributed by atoms with Crippen LogP contribution < -0.4 is 0 Å². The zero-order chi connectivity index (χ0) is 11.1. The van der Waals surface area contributed by atoms with Crippen LogP contribution in [-0.2, 0) is 0 Å². The van der Waals surface area contributed by atoms with Crippen LogP contribution in [0.3, 0.4) is 0 Å². The predicted molar refractivity (Wildman–Crippen MR) is 73.4 cm³/mol. The van der Waals surface area contributed by atoms with Crippen LogP contribution in [0.25, 0.3) is 10.8 Å². The normalized spacial score (nSPS) is 8.71. The maximum atomic E-state index is 3.78. The fraction of sp³-hybridized carbons (Fsp3) is 0. The van der Waals surface area contributed by atoms with Crippen molar-refractivity contribution >= 4 is 10.8 Å². The van der Waals surface area contributed by atoms with Crippen molar-refractivity contribution in [3.05, 3.63) is 86.6 Å². The summed E-state index contributed by atoms with van der Waals surface area (Å²) in [6, 6.07) is 23.1. The molecule has 0 fully saturated rings. The molecule has 0 saturated heterocycles. The molecule has 0 aliphatic rings. The van der Waals surface area contributed by atoms with E-state index in [0.29, 0.717) is 0 Å². The first kappa shape index (κ1) is 12.9. The SMILES string of the molecule is [CH3].[c]1cccc2ccccc12.c1ccncc1. The van der Waals surface area contributed by atoms with E-state index in [1.165, 1.54) is 10.8 Å². The van der Waals surface area contributed by atoms with Gasteiger partial charge in [0.05, 0.1) is 0 Å². The third kappa shape index (κ3) is 4.07. The zero-order valence-corrected chi connectivity index (χ0v) is 9.88. The zero-order valence-electron chi connectivity index (χ0n) is 9.88. The van der Waals surface area contributed by atoms with Crippen molar-refractivity contribution in [1.82, 2.24) is 4.98 Å². The molecular weight excluding hydrogens is 206 g/mol. The van der Waals surface area contributed by atoms with Gasteiger partial charge in [0.2, 0.25) is 0 Å². The van der Waals surface area contributed by atoms with Gasteiger partial charge in [-0.2, -0.15) is 0 Å². The largest absolute Gasteiger partial charge is 0.265 e. The summed E-state index contributed by atoms with van der Waals surface area (Å²) in [5.41, 5.74) is 0. The van der Waals surface area contributed by atoms with Gasteiger partial charge in [0.1, 0.15) is 0 Å². The molecule has 17 heavy (non-hydrogen) atoms. The second kappa shape index (κ2) is 7.18. The monoisotopic (exact) mass is 221 g/mol. The third-order valence-electron chi connectivity index (χ3n) is 2.14. The highest BCUT2D eigenvalue weighted by Gasteiger charge is 1.85. The van der Waals surface area contributed by atoms with E-state index in [2.05, 4.69) is 29.2 Å². The van der Waals surface area contributed by atoms with Crippen LogP contribution in [0.2, 0.25) is 0 Å². The van der Waals surface area contributed by atoms with Crippen molar-refractivity contribution in [2.45, 2.75) is 0 Å². The van der Waals surface area contributed by atoms with Crippen molar-refractivity contribution in [2.24, 2.45) is 0 Å². The summed E-state index contributed by atoms with van der Waals surface area (Å²) >= 11 is 0. The Morgan fingerprint density at radius 2 is 1.47 bits per heavy atom. The molecule has 2 radical (unpaired) electrons. The summed E-state index contributed by atoms with van der Waals surface area (Å²) in [5.74, 6) is 0. The van der Waals surface area contributed by atoms with Crippen molar-refractivity contribution in [3.8, 4) is 0 Å². The maximum absolute atomic E-state index is 3.78. The Bertz CT molecular complexity index is 440. The van der Waals surface area contributed by atoms with E-state index in [9.17, 15) is 0 Å². The molecule has 1 nitrogen and oxygen atoms in total. The minimum absolute atomic E-state index is 0. The van der Waals surface area contributed by atoms with E-state index < -0.39 is 0 Å². The van der Waals surface area contributed by atoms with Gasteiger partial charge in [0.15, 0.2) is 0 Å². The molecule has 84 valence electrons. The number of fused-ring (bicyclic) bond motifs is 1. The average molecular weight is 221 g/mol. The van der Waals surface area contributed by atoms with Crippen molar-refractivity contribution in [2.75, 3.05) is 0 Å². The predicted octanol–water partition coefficient (Wildman–Crippen LogP) is 4.17. The van der Waals surface area contributed by atoms with Crippen LogP contribution >= 0.6 is 0 Å². The highest BCUT2D eigenvalue weighted by atomic mass is 14.6. The Kier molecular flexibility index (Phi) is 5.45. The maximum Gasteiger partial charge on any atom is 0.0267 e. The summed E-state index contributed by atoms with van der Waals surface area (Å²) in [5, 5.41) is 2.44. The Balaban J connectivity index is 0.000000180. The number of benzene rings is 2. The fourth-order valence-electron chi connectivity index (χ4n) is 1.38. The molecule has 0 aliphatic carbocycles.